The topological polar surface area (TPSA) is 6.48 Å². The second kappa shape index (κ2) is 19.8. The summed E-state index contributed by atoms with van der Waals surface area (Å²) in [5, 5.41) is 5.03. The van der Waals surface area contributed by atoms with E-state index in [4.69, 9.17) is 0 Å². The van der Waals surface area contributed by atoms with Gasteiger partial charge in [-0.1, -0.05) is 239 Å². The number of anilines is 6. The highest BCUT2D eigenvalue weighted by Crippen LogP contribution is 2.49. The van der Waals surface area contributed by atoms with Gasteiger partial charge in [-0.25, -0.2) is 0 Å². The van der Waals surface area contributed by atoms with Crippen molar-refractivity contribution in [3.8, 4) is 33.4 Å². The normalized spacial score (nSPS) is 13.3. The summed E-state index contributed by atoms with van der Waals surface area (Å²) in [5.41, 5.74) is 23.8. The van der Waals surface area contributed by atoms with E-state index in [1.165, 1.54) is 116 Å². The van der Waals surface area contributed by atoms with Crippen LogP contribution in [-0.2, 0) is 6.42 Å². The molecule has 2 nitrogen and oxygen atoms in total. The average Bonchev–Trinajstić information content (AvgIpc) is 2.36. The van der Waals surface area contributed by atoms with Crippen LogP contribution in [0.2, 0.25) is 0 Å². The summed E-state index contributed by atoms with van der Waals surface area (Å²) < 4.78 is 0. The lowest BCUT2D eigenvalue weighted by Crippen LogP contribution is -2.61. The van der Waals surface area contributed by atoms with Crippen LogP contribution in [-0.4, -0.2) is 6.71 Å². The fourth-order valence-electron chi connectivity index (χ4n) is 13.3. The Balaban J connectivity index is 1.04. The van der Waals surface area contributed by atoms with Gasteiger partial charge in [0.1, 0.15) is 0 Å². The number of nitrogens with zero attached hydrogens (tertiary/aromatic N) is 2. The molecule has 14 rings (SSSR count). The Labute approximate surface area is 459 Å². The molecule has 0 fully saturated rings. The molecule has 0 aliphatic carbocycles. The molecule has 2 aliphatic rings. The molecule has 0 spiro atoms. The Morgan fingerprint density at radius 1 is 0.333 bits per heavy atom. The zero-order chi connectivity index (χ0) is 52.3. The molecule has 2 atom stereocenters. The van der Waals surface area contributed by atoms with Crippen molar-refractivity contribution in [1.82, 2.24) is 0 Å². The maximum Gasteiger partial charge on any atom is 0.252 e. The fourth-order valence-corrected chi connectivity index (χ4v) is 13.3. The second-order valence-corrected chi connectivity index (χ2v) is 21.8. The zero-order valence-electron chi connectivity index (χ0n) is 44.4. The van der Waals surface area contributed by atoms with Gasteiger partial charge in [-0.15, -0.1) is 0 Å². The molecule has 0 saturated carbocycles. The Morgan fingerprint density at radius 3 is 1.38 bits per heavy atom. The van der Waals surface area contributed by atoms with Crippen LogP contribution < -0.4 is 26.2 Å². The van der Waals surface area contributed by atoms with Gasteiger partial charge in [-0.05, 0) is 166 Å². The summed E-state index contributed by atoms with van der Waals surface area (Å²) in [6, 6.07) is 102. The third kappa shape index (κ3) is 8.12. The van der Waals surface area contributed by atoms with Gasteiger partial charge >= 0.3 is 0 Å². The highest BCUT2D eigenvalue weighted by atomic mass is 15.2. The minimum absolute atomic E-state index is 0.0143. The largest absolute Gasteiger partial charge is 0.311 e. The molecule has 78 heavy (non-hydrogen) atoms. The second-order valence-electron chi connectivity index (χ2n) is 21.8. The van der Waals surface area contributed by atoms with E-state index in [-0.39, 0.29) is 18.5 Å². The first-order valence-electron chi connectivity index (χ1n) is 27.8. The van der Waals surface area contributed by atoms with Crippen molar-refractivity contribution >= 4 is 78.8 Å². The molecule has 2 heterocycles. The van der Waals surface area contributed by atoms with Crippen LogP contribution in [0.1, 0.15) is 54.9 Å². The molecular formula is C75H59BN2. The van der Waals surface area contributed by atoms with Crippen molar-refractivity contribution in [2.75, 3.05) is 9.80 Å². The first-order valence-corrected chi connectivity index (χ1v) is 27.8. The molecule has 0 N–H and O–H groups in total. The molecule has 2 aliphatic heterocycles. The first kappa shape index (κ1) is 47.3. The monoisotopic (exact) mass is 998 g/mol. The highest BCUT2D eigenvalue weighted by Gasteiger charge is 2.44. The van der Waals surface area contributed by atoms with Crippen LogP contribution >= 0.6 is 0 Å². The van der Waals surface area contributed by atoms with E-state index in [1.54, 1.807) is 0 Å². The van der Waals surface area contributed by atoms with Crippen LogP contribution in [0.5, 0.6) is 0 Å². The lowest BCUT2D eigenvalue weighted by Gasteiger charge is -2.44. The third-order valence-electron chi connectivity index (χ3n) is 16.8. The maximum absolute atomic E-state index is 2.59. The van der Waals surface area contributed by atoms with E-state index in [0.717, 1.165) is 17.8 Å². The Morgan fingerprint density at radius 2 is 0.795 bits per heavy atom. The Hall–Kier alpha value is -9.18. The number of para-hydroxylation sites is 3. The van der Waals surface area contributed by atoms with Crippen molar-refractivity contribution in [2.24, 2.45) is 5.92 Å². The number of hydrogen-bond acceptors (Lipinski definition) is 2. The summed E-state index contributed by atoms with van der Waals surface area (Å²) in [7, 11) is 0. The van der Waals surface area contributed by atoms with E-state index < -0.39 is 0 Å². The molecule has 0 saturated heterocycles. The molecule has 0 bridgehead atoms. The standard InChI is InChI=1S/C75H59BN2/c1-50(2)56-44-57(46-59(45-56)74-64-37-21-19-35-62(64)73(54-29-13-6-14-30-54)63-36-20-22-38-65(63)74)58-48-70-75-71(49-58)78(61-33-17-8-18-34-61)69-47-55(72(53-27-11-5-12-28-53)51(3)43-52-25-9-4-10-26-52)41-42-67(69)76(75)66-39-23-24-40-68(66)77(70)60-31-15-7-16-32-60/h4-42,44-51,72H,43H2,1-3H3. The molecule has 12 aromatic carbocycles. The van der Waals surface area contributed by atoms with Crippen LogP contribution in [0.3, 0.4) is 0 Å². The molecule has 12 aromatic rings. The van der Waals surface area contributed by atoms with Crippen molar-refractivity contribution in [2.45, 2.75) is 39.0 Å². The van der Waals surface area contributed by atoms with E-state index in [1.807, 2.05) is 0 Å². The van der Waals surface area contributed by atoms with Crippen molar-refractivity contribution in [1.29, 1.82) is 0 Å². The van der Waals surface area contributed by atoms with Crippen molar-refractivity contribution in [3.05, 3.63) is 295 Å². The molecule has 0 radical (unpaired) electrons. The summed E-state index contributed by atoms with van der Waals surface area (Å²) >= 11 is 0. The molecule has 2 unspecified atom stereocenters. The van der Waals surface area contributed by atoms with Crippen molar-refractivity contribution < 1.29 is 0 Å². The number of fused-ring (bicyclic) bond motifs is 6. The molecular weight excluding hydrogens is 940 g/mol. The van der Waals surface area contributed by atoms with E-state index in [9.17, 15) is 0 Å². The lowest BCUT2D eigenvalue weighted by molar-refractivity contribution is 0.510. The Bertz CT molecular complexity index is 4120. The van der Waals surface area contributed by atoms with Crippen LogP contribution in [0.25, 0.3) is 54.9 Å². The summed E-state index contributed by atoms with van der Waals surface area (Å²) in [6.07, 6.45) is 0.973. The number of rotatable bonds is 11. The van der Waals surface area contributed by atoms with Gasteiger partial charge in [0.25, 0.3) is 6.71 Å². The van der Waals surface area contributed by atoms with Crippen molar-refractivity contribution in [3.63, 3.8) is 0 Å². The summed E-state index contributed by atoms with van der Waals surface area (Å²) in [4.78, 5) is 5.12. The quantitative estimate of drug-likeness (QED) is 0.0941. The number of hydrogen-bond donors (Lipinski definition) is 0. The smallest absolute Gasteiger partial charge is 0.252 e. The van der Waals surface area contributed by atoms with Crippen LogP contribution in [0.15, 0.2) is 273 Å². The predicted octanol–water partition coefficient (Wildman–Crippen LogP) is 18.2. The minimum Gasteiger partial charge on any atom is -0.311 e. The van der Waals surface area contributed by atoms with E-state index >= 15 is 0 Å². The maximum atomic E-state index is 2.59. The van der Waals surface area contributed by atoms with Crippen LogP contribution in [0, 0.1) is 5.92 Å². The lowest BCUT2D eigenvalue weighted by atomic mass is 9.33. The van der Waals surface area contributed by atoms with E-state index in [2.05, 4.69) is 304 Å². The van der Waals surface area contributed by atoms with Crippen LogP contribution in [0.4, 0.5) is 34.1 Å². The minimum atomic E-state index is -0.0143. The third-order valence-corrected chi connectivity index (χ3v) is 16.8. The number of benzene rings is 12. The zero-order valence-corrected chi connectivity index (χ0v) is 44.4. The fraction of sp³-hybridized carbons (Fsp3) is 0.0933. The van der Waals surface area contributed by atoms with Gasteiger partial charge in [0.15, 0.2) is 0 Å². The van der Waals surface area contributed by atoms with E-state index in [0.29, 0.717) is 5.92 Å². The molecule has 0 amide bonds. The highest BCUT2D eigenvalue weighted by molar-refractivity contribution is 7.00. The molecule has 0 aromatic heterocycles. The van der Waals surface area contributed by atoms with Gasteiger partial charge in [0, 0.05) is 40.0 Å². The summed E-state index contributed by atoms with van der Waals surface area (Å²) in [6.45, 7) is 7.09. The first-order chi connectivity index (χ1) is 38.5. The summed E-state index contributed by atoms with van der Waals surface area (Å²) in [5.74, 6) is 0.773. The van der Waals surface area contributed by atoms with Gasteiger partial charge in [0.05, 0.1) is 0 Å². The van der Waals surface area contributed by atoms with Gasteiger partial charge < -0.3 is 9.80 Å². The van der Waals surface area contributed by atoms with Gasteiger partial charge in [-0.3, -0.25) is 0 Å². The average molecular weight is 999 g/mol. The molecule has 3 heteroatoms. The SMILES string of the molecule is CC(C)c1cc(-c2cc3c4c(c2)N(c2ccccc2)c2cc(C(c5ccccc5)C(C)Cc5ccccc5)ccc2B4c2ccccc2N3c2ccccc2)cc(-c2c3ccccc3c(-c3ccccc3)c3ccccc23)c1. The Kier molecular flexibility index (Phi) is 12.0. The van der Waals surface area contributed by atoms with Gasteiger partial charge in [0.2, 0.25) is 0 Å². The predicted molar refractivity (Wildman–Crippen MR) is 333 cm³/mol. The molecule has 372 valence electrons. The van der Waals surface area contributed by atoms with Gasteiger partial charge in [-0.2, -0.15) is 0 Å².